The molecule has 0 aliphatic heterocycles. The molecule has 0 saturated carbocycles. The Labute approximate surface area is 136 Å². The Balaban J connectivity index is 2.10. The number of nitrogens with zero attached hydrogens (tertiary/aromatic N) is 4. The van der Waals surface area contributed by atoms with Gasteiger partial charge in [0.1, 0.15) is 0 Å². The van der Waals surface area contributed by atoms with Crippen molar-refractivity contribution >= 4 is 22.8 Å². The second-order valence-corrected chi connectivity index (χ2v) is 5.72. The number of aromatic nitrogens is 4. The average Bonchev–Trinajstić information content (AvgIpc) is 2.95. The fourth-order valence-corrected chi connectivity index (χ4v) is 2.83. The van der Waals surface area contributed by atoms with Crippen LogP contribution in [0.5, 0.6) is 0 Å². The smallest absolute Gasteiger partial charge is 0.332 e. The zero-order chi connectivity index (χ0) is 16.7. The first-order valence-electron chi connectivity index (χ1n) is 6.95. The van der Waals surface area contributed by atoms with E-state index in [1.54, 1.807) is 31.3 Å². The van der Waals surface area contributed by atoms with E-state index < -0.39 is 17.4 Å². The van der Waals surface area contributed by atoms with Crippen molar-refractivity contribution < 1.29 is 5.11 Å². The van der Waals surface area contributed by atoms with Crippen molar-refractivity contribution in [3.63, 3.8) is 0 Å². The summed E-state index contributed by atoms with van der Waals surface area (Å²) >= 11 is 6.08. The molecule has 0 spiro atoms. The summed E-state index contributed by atoms with van der Waals surface area (Å²) in [6.07, 6.45) is 0.536. The van der Waals surface area contributed by atoms with E-state index >= 15 is 0 Å². The highest BCUT2D eigenvalue weighted by atomic mass is 35.5. The first kappa shape index (κ1) is 15.5. The predicted molar refractivity (Wildman–Crippen MR) is 86.6 cm³/mol. The Kier molecular flexibility index (Phi) is 3.83. The van der Waals surface area contributed by atoms with Crippen LogP contribution < -0.4 is 11.2 Å². The minimum atomic E-state index is -0.900. The van der Waals surface area contributed by atoms with Crippen LogP contribution in [0.25, 0.3) is 11.2 Å². The highest BCUT2D eigenvalue weighted by Gasteiger charge is 2.18. The molecule has 2 heterocycles. The number of rotatable bonds is 3. The van der Waals surface area contributed by atoms with E-state index in [-0.39, 0.29) is 17.7 Å². The van der Waals surface area contributed by atoms with Gasteiger partial charge in [-0.1, -0.05) is 29.8 Å². The highest BCUT2D eigenvalue weighted by Crippen LogP contribution is 2.24. The van der Waals surface area contributed by atoms with Crippen LogP contribution in [0.3, 0.4) is 0 Å². The van der Waals surface area contributed by atoms with Gasteiger partial charge in [0.25, 0.3) is 5.56 Å². The Bertz CT molecular complexity index is 1000. The number of hydrogen-bond donors (Lipinski definition) is 1. The van der Waals surface area contributed by atoms with Crippen molar-refractivity contribution in [3.05, 3.63) is 62.0 Å². The third kappa shape index (κ3) is 2.47. The van der Waals surface area contributed by atoms with Gasteiger partial charge in [0.15, 0.2) is 11.2 Å². The normalized spacial score (nSPS) is 12.7. The third-order valence-corrected chi connectivity index (χ3v) is 4.20. The van der Waals surface area contributed by atoms with Crippen LogP contribution in [-0.4, -0.2) is 23.8 Å². The van der Waals surface area contributed by atoms with Crippen molar-refractivity contribution in [3.8, 4) is 0 Å². The molecule has 0 aliphatic rings. The molecule has 120 valence electrons. The fraction of sp³-hybridized carbons (Fsp3) is 0.267. The molecule has 1 unspecified atom stereocenters. The second kappa shape index (κ2) is 5.68. The molecule has 3 aromatic rings. The first-order valence-corrected chi connectivity index (χ1v) is 7.33. The molecule has 23 heavy (non-hydrogen) atoms. The summed E-state index contributed by atoms with van der Waals surface area (Å²) in [6, 6.07) is 6.96. The summed E-state index contributed by atoms with van der Waals surface area (Å²) < 4.78 is 3.85. The lowest BCUT2D eigenvalue weighted by Crippen LogP contribution is -2.37. The summed E-state index contributed by atoms with van der Waals surface area (Å²) in [6.45, 7) is 0.105. The van der Waals surface area contributed by atoms with Crippen LogP contribution >= 0.6 is 11.6 Å². The number of aryl methyl sites for hydroxylation is 1. The fourth-order valence-electron chi connectivity index (χ4n) is 2.57. The number of aliphatic hydroxyl groups is 1. The quantitative estimate of drug-likeness (QED) is 0.769. The van der Waals surface area contributed by atoms with Crippen LogP contribution in [0.2, 0.25) is 5.02 Å². The van der Waals surface area contributed by atoms with Crippen LogP contribution in [0, 0.1) is 0 Å². The van der Waals surface area contributed by atoms with E-state index in [2.05, 4.69) is 4.98 Å². The summed E-state index contributed by atoms with van der Waals surface area (Å²) in [5, 5.41) is 10.9. The van der Waals surface area contributed by atoms with Gasteiger partial charge in [0, 0.05) is 24.7 Å². The standard InChI is InChI=1S/C15H15ClN4O3/c1-18-13-12(14(22)19(2)15(18)23)20(8-17-13)7-11(21)9-5-3-4-6-10(9)16/h3-6,8,11,21H,7H2,1-2H3. The van der Waals surface area contributed by atoms with Gasteiger partial charge < -0.3 is 9.67 Å². The molecule has 1 N–H and O–H groups in total. The summed E-state index contributed by atoms with van der Waals surface area (Å²) in [7, 11) is 2.96. The van der Waals surface area contributed by atoms with Gasteiger partial charge in [-0.25, -0.2) is 9.78 Å². The molecule has 0 saturated heterocycles. The second-order valence-electron chi connectivity index (χ2n) is 5.31. The lowest BCUT2D eigenvalue weighted by Gasteiger charge is -2.14. The SMILES string of the molecule is Cn1c(=O)c2c(ncn2CC(O)c2ccccc2Cl)n(C)c1=O. The molecule has 3 rings (SSSR count). The maximum absolute atomic E-state index is 12.3. The van der Waals surface area contributed by atoms with E-state index in [9.17, 15) is 14.7 Å². The first-order chi connectivity index (χ1) is 10.9. The number of hydrogen-bond acceptors (Lipinski definition) is 4. The van der Waals surface area contributed by atoms with Crippen molar-refractivity contribution in [2.45, 2.75) is 12.6 Å². The van der Waals surface area contributed by atoms with Crippen LogP contribution in [0.4, 0.5) is 0 Å². The third-order valence-electron chi connectivity index (χ3n) is 3.85. The molecule has 8 heteroatoms. The number of imidazole rings is 1. The Hall–Kier alpha value is -2.38. The lowest BCUT2D eigenvalue weighted by molar-refractivity contribution is 0.158. The minimum Gasteiger partial charge on any atom is -0.386 e. The topological polar surface area (TPSA) is 82.0 Å². The van der Waals surface area contributed by atoms with E-state index in [4.69, 9.17) is 11.6 Å². The van der Waals surface area contributed by atoms with E-state index in [0.717, 1.165) is 4.57 Å². The molecular formula is C15H15ClN4O3. The van der Waals surface area contributed by atoms with Gasteiger partial charge in [-0.2, -0.15) is 0 Å². The maximum Gasteiger partial charge on any atom is 0.332 e. The molecule has 1 atom stereocenters. The number of fused-ring (bicyclic) bond motifs is 1. The largest absolute Gasteiger partial charge is 0.386 e. The molecule has 0 fully saturated rings. The van der Waals surface area contributed by atoms with Gasteiger partial charge in [0.2, 0.25) is 0 Å². The van der Waals surface area contributed by atoms with Crippen molar-refractivity contribution in [2.75, 3.05) is 0 Å². The van der Waals surface area contributed by atoms with E-state index in [0.29, 0.717) is 10.6 Å². The summed E-state index contributed by atoms with van der Waals surface area (Å²) in [5.74, 6) is 0. The maximum atomic E-state index is 12.3. The van der Waals surface area contributed by atoms with Gasteiger partial charge in [-0.15, -0.1) is 0 Å². The number of benzene rings is 1. The predicted octanol–water partition coefficient (Wildman–Crippen LogP) is 0.821. The Morgan fingerprint density at radius 3 is 2.61 bits per heavy atom. The van der Waals surface area contributed by atoms with Gasteiger partial charge in [-0.05, 0) is 6.07 Å². The highest BCUT2D eigenvalue weighted by molar-refractivity contribution is 6.31. The van der Waals surface area contributed by atoms with Crippen LogP contribution in [0.15, 0.2) is 40.2 Å². The molecule has 0 aliphatic carbocycles. The van der Waals surface area contributed by atoms with Crippen LogP contribution in [0.1, 0.15) is 11.7 Å². The van der Waals surface area contributed by atoms with Crippen molar-refractivity contribution in [1.29, 1.82) is 0 Å². The monoisotopic (exact) mass is 334 g/mol. The van der Waals surface area contributed by atoms with Crippen molar-refractivity contribution in [2.24, 2.45) is 14.1 Å². The Morgan fingerprint density at radius 2 is 1.91 bits per heavy atom. The van der Waals surface area contributed by atoms with Crippen LogP contribution in [-0.2, 0) is 20.6 Å². The van der Waals surface area contributed by atoms with Gasteiger partial charge in [-0.3, -0.25) is 13.9 Å². The zero-order valence-electron chi connectivity index (χ0n) is 12.6. The summed E-state index contributed by atoms with van der Waals surface area (Å²) in [4.78, 5) is 28.4. The number of aliphatic hydroxyl groups excluding tert-OH is 1. The molecular weight excluding hydrogens is 320 g/mol. The Morgan fingerprint density at radius 1 is 1.22 bits per heavy atom. The van der Waals surface area contributed by atoms with E-state index in [1.165, 1.54) is 22.5 Å². The number of halogens is 1. The molecule has 2 aromatic heterocycles. The van der Waals surface area contributed by atoms with Crippen molar-refractivity contribution in [1.82, 2.24) is 18.7 Å². The molecule has 1 aromatic carbocycles. The molecule has 0 radical (unpaired) electrons. The summed E-state index contributed by atoms with van der Waals surface area (Å²) in [5.41, 5.74) is 0.217. The average molecular weight is 335 g/mol. The van der Waals surface area contributed by atoms with Gasteiger partial charge in [0.05, 0.1) is 19.0 Å². The lowest BCUT2D eigenvalue weighted by atomic mass is 10.1. The molecule has 0 amide bonds. The van der Waals surface area contributed by atoms with E-state index in [1.807, 2.05) is 0 Å². The zero-order valence-corrected chi connectivity index (χ0v) is 13.4. The molecule has 7 nitrogen and oxygen atoms in total. The minimum absolute atomic E-state index is 0.105. The molecule has 0 bridgehead atoms. The van der Waals surface area contributed by atoms with Gasteiger partial charge >= 0.3 is 5.69 Å².